The maximum absolute atomic E-state index is 11.9. The molecule has 1 amide bonds. The van der Waals surface area contributed by atoms with E-state index in [-0.39, 0.29) is 13.0 Å². The number of aryl methyl sites for hydroxylation is 1. The Morgan fingerprint density at radius 3 is 2.83 bits per heavy atom. The third kappa shape index (κ3) is 3.59. The van der Waals surface area contributed by atoms with Gasteiger partial charge in [-0.2, -0.15) is 0 Å². The maximum Gasteiger partial charge on any atom is 0.326 e. The normalized spacial score (nSPS) is 12.1. The van der Waals surface area contributed by atoms with Gasteiger partial charge >= 0.3 is 5.97 Å². The summed E-state index contributed by atoms with van der Waals surface area (Å²) in [5, 5.41) is 11.4. The highest BCUT2D eigenvalue weighted by Crippen LogP contribution is 2.11. The van der Waals surface area contributed by atoms with E-state index in [0.29, 0.717) is 17.7 Å². The van der Waals surface area contributed by atoms with Gasteiger partial charge < -0.3 is 19.6 Å². The van der Waals surface area contributed by atoms with Crippen molar-refractivity contribution in [3.05, 3.63) is 23.7 Å². The van der Waals surface area contributed by atoms with Crippen molar-refractivity contribution in [3.63, 3.8) is 0 Å². The maximum atomic E-state index is 11.9. The van der Waals surface area contributed by atoms with Gasteiger partial charge in [0.15, 0.2) is 0 Å². The highest BCUT2D eigenvalue weighted by molar-refractivity contribution is 5.97. The van der Waals surface area contributed by atoms with Crippen LogP contribution in [0, 0.1) is 0 Å². The molecule has 0 aromatic carbocycles. The molecule has 100 valence electrons. The molecule has 0 aliphatic carbocycles. The third-order valence-corrected chi connectivity index (χ3v) is 2.53. The van der Waals surface area contributed by atoms with E-state index >= 15 is 0 Å². The molecule has 1 rings (SSSR count). The minimum atomic E-state index is -1.08. The second-order valence-corrected chi connectivity index (χ2v) is 3.76. The number of methoxy groups -OCH3 is 1. The van der Waals surface area contributed by atoms with E-state index in [1.807, 2.05) is 6.92 Å². The number of hydrogen-bond acceptors (Lipinski definition) is 4. The number of hydrogen-bond donors (Lipinski definition) is 2. The van der Waals surface area contributed by atoms with Gasteiger partial charge in [-0.3, -0.25) is 4.79 Å². The van der Waals surface area contributed by atoms with E-state index in [9.17, 15) is 9.59 Å². The number of ether oxygens (including phenoxy) is 1. The van der Waals surface area contributed by atoms with Crippen molar-refractivity contribution in [3.8, 4) is 0 Å². The first-order chi connectivity index (χ1) is 8.60. The van der Waals surface area contributed by atoms with Gasteiger partial charge in [-0.1, -0.05) is 6.92 Å². The predicted molar refractivity (Wildman–Crippen MR) is 63.5 cm³/mol. The smallest absolute Gasteiger partial charge is 0.326 e. The summed E-state index contributed by atoms with van der Waals surface area (Å²) in [5.41, 5.74) is 0.376. The molecule has 0 spiro atoms. The lowest BCUT2D eigenvalue weighted by Crippen LogP contribution is -2.41. The van der Waals surface area contributed by atoms with Crippen molar-refractivity contribution in [2.45, 2.75) is 25.8 Å². The number of carboxylic acids is 1. The number of nitrogens with one attached hydrogen (secondary N) is 1. The first-order valence-electron chi connectivity index (χ1n) is 5.69. The fourth-order valence-corrected chi connectivity index (χ4v) is 1.55. The van der Waals surface area contributed by atoms with Crippen LogP contribution in [-0.4, -0.2) is 36.7 Å². The first-order valence-corrected chi connectivity index (χ1v) is 5.69. The SMILES string of the molecule is CCc1occc1C(=O)NC(CCOC)C(=O)O. The second-order valence-electron chi connectivity index (χ2n) is 3.76. The summed E-state index contributed by atoms with van der Waals surface area (Å²) in [6.45, 7) is 2.12. The third-order valence-electron chi connectivity index (χ3n) is 2.53. The number of aliphatic carboxylic acids is 1. The van der Waals surface area contributed by atoms with Gasteiger partial charge in [-0.15, -0.1) is 0 Å². The highest BCUT2D eigenvalue weighted by Gasteiger charge is 2.22. The van der Waals surface area contributed by atoms with Gasteiger partial charge in [-0.05, 0) is 6.07 Å². The molecular weight excluding hydrogens is 238 g/mol. The lowest BCUT2D eigenvalue weighted by Gasteiger charge is -2.13. The number of carbonyl (C=O) groups excluding carboxylic acids is 1. The zero-order valence-electron chi connectivity index (χ0n) is 10.4. The number of amides is 1. The topological polar surface area (TPSA) is 88.8 Å². The Balaban J connectivity index is 2.69. The summed E-state index contributed by atoms with van der Waals surface area (Å²) in [4.78, 5) is 22.9. The van der Waals surface area contributed by atoms with Crippen LogP contribution in [0.2, 0.25) is 0 Å². The summed E-state index contributed by atoms with van der Waals surface area (Å²) in [7, 11) is 1.48. The molecule has 1 atom stereocenters. The van der Waals surface area contributed by atoms with E-state index in [1.54, 1.807) is 0 Å². The van der Waals surface area contributed by atoms with Gasteiger partial charge in [0, 0.05) is 26.6 Å². The number of carboxylic acid groups (broad SMARTS) is 1. The monoisotopic (exact) mass is 255 g/mol. The van der Waals surface area contributed by atoms with Crippen LogP contribution in [0.3, 0.4) is 0 Å². The number of furan rings is 1. The van der Waals surface area contributed by atoms with Crippen LogP contribution in [-0.2, 0) is 16.0 Å². The highest BCUT2D eigenvalue weighted by atomic mass is 16.5. The van der Waals surface area contributed by atoms with E-state index in [2.05, 4.69) is 5.32 Å². The summed E-state index contributed by atoms with van der Waals surface area (Å²) in [5.74, 6) is -0.977. The zero-order valence-corrected chi connectivity index (χ0v) is 10.4. The Bertz CT molecular complexity index is 412. The molecule has 0 saturated heterocycles. The zero-order chi connectivity index (χ0) is 13.5. The van der Waals surface area contributed by atoms with Crippen molar-refractivity contribution >= 4 is 11.9 Å². The Labute approximate surface area is 105 Å². The van der Waals surface area contributed by atoms with Crippen LogP contribution in [0.25, 0.3) is 0 Å². The lowest BCUT2D eigenvalue weighted by atomic mass is 10.1. The molecule has 0 fully saturated rings. The summed E-state index contributed by atoms with van der Waals surface area (Å²) < 4.78 is 9.93. The quantitative estimate of drug-likeness (QED) is 0.760. The molecule has 0 saturated carbocycles. The van der Waals surface area contributed by atoms with E-state index < -0.39 is 17.9 Å². The minimum absolute atomic E-state index is 0.219. The summed E-state index contributed by atoms with van der Waals surface area (Å²) in [6, 6.07) is 0.570. The van der Waals surface area contributed by atoms with Gasteiger partial charge in [0.05, 0.1) is 11.8 Å². The van der Waals surface area contributed by atoms with Crippen LogP contribution < -0.4 is 5.32 Å². The van der Waals surface area contributed by atoms with Crippen molar-refractivity contribution in [1.29, 1.82) is 0 Å². The molecular formula is C12H17NO5. The molecule has 1 heterocycles. The molecule has 6 nitrogen and oxygen atoms in total. The molecule has 0 aliphatic heterocycles. The minimum Gasteiger partial charge on any atom is -0.480 e. The Morgan fingerprint density at radius 2 is 2.28 bits per heavy atom. The van der Waals surface area contributed by atoms with E-state index in [4.69, 9.17) is 14.3 Å². The summed E-state index contributed by atoms with van der Waals surface area (Å²) >= 11 is 0. The van der Waals surface area contributed by atoms with Crippen molar-refractivity contribution in [2.24, 2.45) is 0 Å². The van der Waals surface area contributed by atoms with Gasteiger partial charge in [0.1, 0.15) is 11.8 Å². The van der Waals surface area contributed by atoms with Crippen LogP contribution >= 0.6 is 0 Å². The Kier molecular flexibility index (Phi) is 5.38. The molecule has 1 unspecified atom stereocenters. The van der Waals surface area contributed by atoms with Crippen LogP contribution in [0.4, 0.5) is 0 Å². The molecule has 1 aromatic heterocycles. The van der Waals surface area contributed by atoms with Crippen molar-refractivity contribution < 1.29 is 23.8 Å². The van der Waals surface area contributed by atoms with Gasteiger partial charge in [0.25, 0.3) is 5.91 Å². The lowest BCUT2D eigenvalue weighted by molar-refractivity contribution is -0.139. The van der Waals surface area contributed by atoms with E-state index in [0.717, 1.165) is 0 Å². The Hall–Kier alpha value is -1.82. The first kappa shape index (κ1) is 14.2. The fourth-order valence-electron chi connectivity index (χ4n) is 1.55. The largest absolute Gasteiger partial charge is 0.480 e. The standard InChI is InChI=1S/C12H17NO5/c1-3-10-8(4-7-18-10)11(14)13-9(12(15)16)5-6-17-2/h4,7,9H,3,5-6H2,1-2H3,(H,13,14)(H,15,16). The average molecular weight is 255 g/mol. The number of carbonyl (C=O) groups is 2. The van der Waals surface area contributed by atoms with Crippen LogP contribution in [0.1, 0.15) is 29.5 Å². The van der Waals surface area contributed by atoms with Gasteiger partial charge in [0.2, 0.25) is 0 Å². The molecule has 0 aliphatic rings. The molecule has 0 bridgehead atoms. The Morgan fingerprint density at radius 1 is 1.56 bits per heavy atom. The summed E-state index contributed by atoms with van der Waals surface area (Å²) in [6.07, 6.45) is 2.21. The predicted octanol–water partition coefficient (Wildman–Crippen LogP) is 1.06. The van der Waals surface area contributed by atoms with Crippen LogP contribution in [0.5, 0.6) is 0 Å². The van der Waals surface area contributed by atoms with Gasteiger partial charge in [-0.25, -0.2) is 4.79 Å². The molecule has 0 radical (unpaired) electrons. The molecule has 1 aromatic rings. The second kappa shape index (κ2) is 6.80. The number of rotatable bonds is 7. The van der Waals surface area contributed by atoms with Crippen molar-refractivity contribution in [1.82, 2.24) is 5.32 Å². The fraction of sp³-hybridized carbons (Fsp3) is 0.500. The van der Waals surface area contributed by atoms with E-state index in [1.165, 1.54) is 19.4 Å². The van der Waals surface area contributed by atoms with Crippen LogP contribution in [0.15, 0.2) is 16.7 Å². The molecule has 2 N–H and O–H groups in total. The average Bonchev–Trinajstić information content (AvgIpc) is 2.82. The van der Waals surface area contributed by atoms with Crippen molar-refractivity contribution in [2.75, 3.05) is 13.7 Å². The molecule has 18 heavy (non-hydrogen) atoms. The molecule has 6 heteroatoms.